The Bertz CT molecular complexity index is 1260. The van der Waals surface area contributed by atoms with E-state index in [9.17, 15) is 14.9 Å². The van der Waals surface area contributed by atoms with Crippen LogP contribution in [0.4, 0.5) is 5.69 Å². The zero-order valence-corrected chi connectivity index (χ0v) is 17.3. The van der Waals surface area contributed by atoms with E-state index in [0.29, 0.717) is 35.3 Å². The maximum Gasteiger partial charge on any atom is 0.269 e. The molecule has 0 radical (unpaired) electrons. The van der Waals surface area contributed by atoms with Crippen LogP contribution < -0.4 is 5.32 Å². The van der Waals surface area contributed by atoms with Gasteiger partial charge in [-0.2, -0.15) is 4.52 Å². The van der Waals surface area contributed by atoms with Gasteiger partial charge < -0.3 is 10.1 Å². The molecule has 11 heteroatoms. The van der Waals surface area contributed by atoms with Crippen LogP contribution in [-0.2, 0) is 9.53 Å². The number of fused-ring (bicyclic) bond motifs is 3. The van der Waals surface area contributed by atoms with Gasteiger partial charge in [-0.05, 0) is 24.3 Å². The summed E-state index contributed by atoms with van der Waals surface area (Å²) in [6.45, 7) is 0.876. The minimum atomic E-state index is -0.454. The monoisotopic (exact) mass is 438 g/mol. The highest BCUT2D eigenvalue weighted by Crippen LogP contribution is 2.27. The number of ether oxygens (including phenoxy) is 1. The molecule has 0 aliphatic rings. The Kier molecular flexibility index (Phi) is 6.05. The summed E-state index contributed by atoms with van der Waals surface area (Å²) in [6.07, 6.45) is 0. The highest BCUT2D eigenvalue weighted by atomic mass is 32.2. The van der Waals surface area contributed by atoms with Crippen LogP contribution in [0.2, 0.25) is 0 Å². The summed E-state index contributed by atoms with van der Waals surface area (Å²) in [5.41, 5.74) is 1.98. The first-order valence-electron chi connectivity index (χ1n) is 9.35. The average Bonchev–Trinajstić information content (AvgIpc) is 3.24. The van der Waals surface area contributed by atoms with Gasteiger partial charge in [0.1, 0.15) is 0 Å². The van der Waals surface area contributed by atoms with Gasteiger partial charge in [0, 0.05) is 36.7 Å². The van der Waals surface area contributed by atoms with Crippen LogP contribution in [0.25, 0.3) is 27.9 Å². The summed E-state index contributed by atoms with van der Waals surface area (Å²) < 4.78 is 6.54. The van der Waals surface area contributed by atoms with Crippen molar-refractivity contribution >= 4 is 39.9 Å². The van der Waals surface area contributed by atoms with Crippen LogP contribution in [0.1, 0.15) is 0 Å². The van der Waals surface area contributed by atoms with Crippen LogP contribution in [-0.4, -0.2) is 56.4 Å². The fourth-order valence-electron chi connectivity index (χ4n) is 2.95. The van der Waals surface area contributed by atoms with Crippen LogP contribution in [0.5, 0.6) is 0 Å². The fourth-order valence-corrected chi connectivity index (χ4v) is 3.73. The molecule has 31 heavy (non-hydrogen) atoms. The Morgan fingerprint density at radius 2 is 1.97 bits per heavy atom. The van der Waals surface area contributed by atoms with Crippen LogP contribution >= 0.6 is 11.8 Å². The third-order valence-electron chi connectivity index (χ3n) is 4.45. The van der Waals surface area contributed by atoms with Gasteiger partial charge in [0.15, 0.2) is 16.6 Å². The quantitative estimate of drug-likeness (QED) is 0.146. The van der Waals surface area contributed by atoms with E-state index in [0.717, 1.165) is 10.9 Å². The minimum absolute atomic E-state index is 0.00430. The van der Waals surface area contributed by atoms with Gasteiger partial charge >= 0.3 is 0 Å². The predicted molar refractivity (Wildman–Crippen MR) is 116 cm³/mol. The third kappa shape index (κ3) is 4.47. The molecule has 2 aromatic heterocycles. The summed E-state index contributed by atoms with van der Waals surface area (Å²) in [4.78, 5) is 31.8. The van der Waals surface area contributed by atoms with E-state index in [-0.39, 0.29) is 17.3 Å². The van der Waals surface area contributed by atoms with Gasteiger partial charge in [-0.25, -0.2) is 9.97 Å². The molecule has 4 aromatic rings. The van der Waals surface area contributed by atoms with Gasteiger partial charge in [0.2, 0.25) is 5.91 Å². The number of aromatic nitrogens is 4. The van der Waals surface area contributed by atoms with Crippen molar-refractivity contribution < 1.29 is 14.5 Å². The van der Waals surface area contributed by atoms with E-state index < -0.39 is 4.92 Å². The van der Waals surface area contributed by atoms with Crippen molar-refractivity contribution in [1.29, 1.82) is 0 Å². The fraction of sp³-hybridized carbons (Fsp3) is 0.200. The molecule has 0 unspecified atom stereocenters. The number of hydrogen-bond donors (Lipinski definition) is 1. The van der Waals surface area contributed by atoms with Crippen molar-refractivity contribution in [1.82, 2.24) is 24.9 Å². The van der Waals surface area contributed by atoms with Crippen LogP contribution in [0.3, 0.4) is 0 Å². The Morgan fingerprint density at radius 1 is 1.19 bits per heavy atom. The molecule has 0 spiro atoms. The first-order valence-corrected chi connectivity index (χ1v) is 10.3. The van der Waals surface area contributed by atoms with Crippen molar-refractivity contribution in [3.8, 4) is 11.4 Å². The third-order valence-corrected chi connectivity index (χ3v) is 5.38. The number of benzene rings is 2. The number of nitro benzene ring substituents is 1. The second-order valence-electron chi connectivity index (χ2n) is 6.52. The number of hydrogen-bond acceptors (Lipinski definition) is 8. The topological polar surface area (TPSA) is 125 Å². The van der Waals surface area contributed by atoms with Crippen molar-refractivity contribution in [2.45, 2.75) is 5.16 Å². The Balaban J connectivity index is 1.70. The molecule has 0 bridgehead atoms. The summed E-state index contributed by atoms with van der Waals surface area (Å²) in [6, 6.07) is 13.6. The minimum Gasteiger partial charge on any atom is -0.383 e. The highest BCUT2D eigenvalue weighted by Gasteiger charge is 2.16. The Morgan fingerprint density at radius 3 is 2.71 bits per heavy atom. The zero-order valence-electron chi connectivity index (χ0n) is 16.5. The number of rotatable bonds is 8. The number of nitro groups is 1. The Hall–Kier alpha value is -3.57. The number of nitrogens with one attached hydrogen (secondary N) is 1. The van der Waals surface area contributed by atoms with E-state index in [1.807, 2.05) is 24.3 Å². The molecule has 158 valence electrons. The van der Waals surface area contributed by atoms with E-state index in [1.54, 1.807) is 23.8 Å². The number of thioether (sulfide) groups is 1. The summed E-state index contributed by atoms with van der Waals surface area (Å²) in [5, 5.41) is 19.6. The molecule has 0 atom stereocenters. The first kappa shape index (κ1) is 20.7. The van der Waals surface area contributed by atoms with E-state index in [2.05, 4.69) is 20.4 Å². The second kappa shape index (κ2) is 9.06. The number of carbonyl (C=O) groups is 1. The number of amides is 1. The molecule has 2 aromatic carbocycles. The van der Waals surface area contributed by atoms with Crippen molar-refractivity contribution in [2.24, 2.45) is 0 Å². The normalized spacial score (nSPS) is 11.1. The maximum atomic E-state index is 12.1. The summed E-state index contributed by atoms with van der Waals surface area (Å²) in [7, 11) is 1.57. The lowest BCUT2D eigenvalue weighted by Gasteiger charge is -2.07. The lowest BCUT2D eigenvalue weighted by atomic mass is 10.2. The molecule has 2 heterocycles. The van der Waals surface area contributed by atoms with Gasteiger partial charge in [-0.1, -0.05) is 23.9 Å². The SMILES string of the molecule is COCCNC(=O)CSc1nc2ccccc2c2nc(-c3ccc([N+](=O)[O-])cc3)nn12. The molecule has 0 fully saturated rings. The summed E-state index contributed by atoms with van der Waals surface area (Å²) in [5.74, 6) is 0.442. The largest absolute Gasteiger partial charge is 0.383 e. The molecular formula is C20H18N6O4S. The average molecular weight is 438 g/mol. The van der Waals surface area contributed by atoms with Crippen LogP contribution in [0, 0.1) is 10.1 Å². The molecule has 0 saturated heterocycles. The van der Waals surface area contributed by atoms with E-state index in [1.165, 1.54) is 23.9 Å². The van der Waals surface area contributed by atoms with Gasteiger partial charge in [-0.15, -0.1) is 5.10 Å². The van der Waals surface area contributed by atoms with Crippen molar-refractivity contribution in [2.75, 3.05) is 26.0 Å². The van der Waals surface area contributed by atoms with Crippen LogP contribution in [0.15, 0.2) is 53.7 Å². The molecule has 0 aliphatic carbocycles. The molecule has 1 amide bonds. The standard InChI is InChI=1S/C20H18N6O4S/c1-30-11-10-21-17(27)12-31-20-22-16-5-3-2-4-15(16)19-23-18(24-25(19)20)13-6-8-14(9-7-13)26(28)29/h2-9H,10-12H2,1H3,(H,21,27). The number of methoxy groups -OCH3 is 1. The van der Waals surface area contributed by atoms with Gasteiger partial charge in [0.25, 0.3) is 5.69 Å². The molecule has 0 aliphatic heterocycles. The number of nitrogens with zero attached hydrogens (tertiary/aromatic N) is 5. The van der Waals surface area contributed by atoms with Crippen molar-refractivity contribution in [3.63, 3.8) is 0 Å². The van der Waals surface area contributed by atoms with E-state index in [4.69, 9.17) is 4.74 Å². The molecule has 4 rings (SSSR count). The second-order valence-corrected chi connectivity index (χ2v) is 7.46. The maximum absolute atomic E-state index is 12.1. The molecule has 0 saturated carbocycles. The molecule has 10 nitrogen and oxygen atoms in total. The first-order chi connectivity index (χ1) is 15.1. The summed E-state index contributed by atoms with van der Waals surface area (Å²) >= 11 is 1.25. The molecular weight excluding hydrogens is 420 g/mol. The number of para-hydroxylation sites is 1. The smallest absolute Gasteiger partial charge is 0.269 e. The number of non-ortho nitro benzene ring substituents is 1. The number of carbonyl (C=O) groups excluding carboxylic acids is 1. The van der Waals surface area contributed by atoms with Crippen molar-refractivity contribution in [3.05, 3.63) is 58.6 Å². The lowest BCUT2D eigenvalue weighted by molar-refractivity contribution is -0.384. The highest BCUT2D eigenvalue weighted by molar-refractivity contribution is 7.99. The molecule has 1 N–H and O–H groups in total. The zero-order chi connectivity index (χ0) is 21.8. The predicted octanol–water partition coefficient (Wildman–Crippen LogP) is 2.71. The van der Waals surface area contributed by atoms with E-state index >= 15 is 0 Å². The van der Waals surface area contributed by atoms with Gasteiger partial charge in [0.05, 0.1) is 22.8 Å². The Labute approximate surface area is 180 Å². The lowest BCUT2D eigenvalue weighted by Crippen LogP contribution is -2.28. The van der Waals surface area contributed by atoms with Gasteiger partial charge in [-0.3, -0.25) is 14.9 Å².